The summed E-state index contributed by atoms with van der Waals surface area (Å²) in [5.41, 5.74) is 1.75. The van der Waals surface area contributed by atoms with Crippen LogP contribution < -0.4 is 15.0 Å². The summed E-state index contributed by atoms with van der Waals surface area (Å²) in [6.07, 6.45) is 6.71. The summed E-state index contributed by atoms with van der Waals surface area (Å²) >= 11 is 0. The highest BCUT2D eigenvalue weighted by molar-refractivity contribution is 5.78. The van der Waals surface area contributed by atoms with Gasteiger partial charge in [-0.3, -0.25) is 0 Å². The van der Waals surface area contributed by atoms with E-state index in [0.717, 1.165) is 44.7 Å². The number of hydrogen-bond donors (Lipinski definition) is 1. The lowest BCUT2D eigenvalue weighted by molar-refractivity contribution is 0.304. The van der Waals surface area contributed by atoms with Crippen LogP contribution in [-0.4, -0.2) is 47.9 Å². The van der Waals surface area contributed by atoms with Gasteiger partial charge in [0.25, 0.3) is 0 Å². The van der Waals surface area contributed by atoms with E-state index >= 15 is 0 Å². The molecule has 1 aliphatic rings. The van der Waals surface area contributed by atoms with E-state index in [4.69, 9.17) is 9.72 Å². The van der Waals surface area contributed by atoms with Crippen molar-refractivity contribution in [3.05, 3.63) is 42.5 Å². The number of likely N-dealkylation sites (N-methyl/N-ethyl adjacent to an activating group) is 1. The van der Waals surface area contributed by atoms with Crippen LogP contribution in [-0.2, 0) is 0 Å². The zero-order valence-corrected chi connectivity index (χ0v) is 15.5. The number of aromatic nitrogens is 3. The van der Waals surface area contributed by atoms with Gasteiger partial charge in [0.2, 0.25) is 0 Å². The molecule has 1 N–H and O–H groups in total. The number of nitrogens with one attached hydrogen (secondary N) is 1. The molecule has 1 aliphatic heterocycles. The van der Waals surface area contributed by atoms with Crippen molar-refractivity contribution in [3.63, 3.8) is 0 Å². The summed E-state index contributed by atoms with van der Waals surface area (Å²) in [4.78, 5) is 6.83. The molecule has 0 aliphatic carbocycles. The molecule has 142 valence electrons. The first-order valence-corrected chi connectivity index (χ1v) is 9.41. The molecular formula is C20H24FN5O. The van der Waals surface area contributed by atoms with Crippen LogP contribution in [0.1, 0.15) is 19.3 Å². The van der Waals surface area contributed by atoms with E-state index in [1.807, 2.05) is 19.3 Å². The molecule has 6 nitrogen and oxygen atoms in total. The van der Waals surface area contributed by atoms with Crippen molar-refractivity contribution in [1.29, 1.82) is 0 Å². The highest BCUT2D eigenvalue weighted by atomic mass is 19.1. The lowest BCUT2D eigenvalue weighted by atomic mass is 10.1. The number of benzene rings is 1. The predicted octanol–water partition coefficient (Wildman–Crippen LogP) is 3.12. The number of halogens is 1. The average Bonchev–Trinajstić information content (AvgIpc) is 3.10. The molecule has 0 spiro atoms. The van der Waals surface area contributed by atoms with Gasteiger partial charge in [-0.05, 0) is 50.1 Å². The van der Waals surface area contributed by atoms with Gasteiger partial charge in [-0.1, -0.05) is 0 Å². The summed E-state index contributed by atoms with van der Waals surface area (Å²) in [5.74, 6) is 1.20. The highest BCUT2D eigenvalue weighted by Crippen LogP contribution is 2.30. The Labute approximate surface area is 158 Å². The molecule has 0 fully saturated rings. The van der Waals surface area contributed by atoms with Crippen LogP contribution in [0.15, 0.2) is 36.7 Å². The van der Waals surface area contributed by atoms with Gasteiger partial charge in [0, 0.05) is 37.5 Å². The van der Waals surface area contributed by atoms with E-state index in [2.05, 4.69) is 15.3 Å². The number of nitrogens with zero attached hydrogens (tertiary/aromatic N) is 4. The lowest BCUT2D eigenvalue weighted by Gasteiger charge is -2.18. The van der Waals surface area contributed by atoms with Gasteiger partial charge in [0.05, 0.1) is 12.8 Å². The van der Waals surface area contributed by atoms with Crippen LogP contribution in [0.25, 0.3) is 16.8 Å². The number of hydrogen-bond acceptors (Lipinski definition) is 5. The molecule has 0 saturated heterocycles. The predicted molar refractivity (Wildman–Crippen MR) is 104 cm³/mol. The van der Waals surface area contributed by atoms with Gasteiger partial charge < -0.3 is 15.0 Å². The van der Waals surface area contributed by atoms with Crippen molar-refractivity contribution in [3.8, 4) is 16.9 Å². The van der Waals surface area contributed by atoms with E-state index < -0.39 is 0 Å². The number of rotatable bonds is 0. The van der Waals surface area contributed by atoms with Crippen LogP contribution >= 0.6 is 0 Å². The third-order valence-corrected chi connectivity index (χ3v) is 4.86. The fourth-order valence-electron chi connectivity index (χ4n) is 3.27. The summed E-state index contributed by atoms with van der Waals surface area (Å²) in [5, 5.41) is 7.80. The van der Waals surface area contributed by atoms with E-state index in [9.17, 15) is 4.39 Å². The quantitative estimate of drug-likeness (QED) is 0.660. The van der Waals surface area contributed by atoms with Crippen LogP contribution in [0.5, 0.6) is 5.75 Å². The maximum absolute atomic E-state index is 14.6. The summed E-state index contributed by atoms with van der Waals surface area (Å²) in [6.45, 7) is 3.36. The van der Waals surface area contributed by atoms with Crippen molar-refractivity contribution in [2.45, 2.75) is 19.3 Å². The molecule has 0 saturated carbocycles. The molecule has 0 amide bonds. The largest absolute Gasteiger partial charge is 0.494 e. The topological polar surface area (TPSA) is 54.7 Å². The van der Waals surface area contributed by atoms with Gasteiger partial charge in [0.1, 0.15) is 17.4 Å². The first-order chi connectivity index (χ1) is 13.2. The summed E-state index contributed by atoms with van der Waals surface area (Å²) < 4.78 is 22.1. The Morgan fingerprint density at radius 1 is 1.11 bits per heavy atom. The summed E-state index contributed by atoms with van der Waals surface area (Å²) in [7, 11) is 2.01. The Kier molecular flexibility index (Phi) is 5.20. The molecule has 27 heavy (non-hydrogen) atoms. The number of anilines is 1. The monoisotopic (exact) mass is 369 g/mol. The van der Waals surface area contributed by atoms with Crippen molar-refractivity contribution in [1.82, 2.24) is 19.9 Å². The van der Waals surface area contributed by atoms with Crippen molar-refractivity contribution in [2.24, 2.45) is 0 Å². The third kappa shape index (κ3) is 3.88. The first-order valence-electron chi connectivity index (χ1n) is 9.41. The van der Waals surface area contributed by atoms with Crippen molar-refractivity contribution in [2.75, 3.05) is 38.2 Å². The van der Waals surface area contributed by atoms with E-state index in [0.29, 0.717) is 29.1 Å². The Morgan fingerprint density at radius 3 is 2.96 bits per heavy atom. The molecule has 1 aromatic carbocycles. The molecule has 3 heterocycles. The standard InChI is InChI=1S/C20H24FN5O/c1-25-11-9-22-8-3-2-4-12-27-15-5-6-18(21)16(13-15)17-14-23-26-10-7-19(25)24-20(17)26/h5-7,10,13-14,22H,2-4,8-9,11-12H2,1H3. The molecule has 7 heteroatoms. The molecule has 3 aromatic rings. The Bertz CT molecular complexity index is 926. The SMILES string of the molecule is CN1CCNCCCCCOc2ccc(F)c(c2)-c2cnn3ccc1nc23. The molecule has 4 rings (SSSR count). The fraction of sp³-hybridized carbons (Fsp3) is 0.400. The van der Waals surface area contributed by atoms with Crippen LogP contribution in [0.3, 0.4) is 0 Å². The Morgan fingerprint density at radius 2 is 2.04 bits per heavy atom. The fourth-order valence-corrected chi connectivity index (χ4v) is 3.27. The van der Waals surface area contributed by atoms with Crippen molar-refractivity contribution < 1.29 is 9.13 Å². The van der Waals surface area contributed by atoms with Gasteiger partial charge in [-0.25, -0.2) is 13.9 Å². The summed E-state index contributed by atoms with van der Waals surface area (Å²) in [6, 6.07) is 6.78. The van der Waals surface area contributed by atoms with Crippen LogP contribution in [0.2, 0.25) is 0 Å². The zero-order valence-electron chi connectivity index (χ0n) is 15.5. The first kappa shape index (κ1) is 17.7. The molecule has 4 bridgehead atoms. The Balaban J connectivity index is 1.76. The second kappa shape index (κ2) is 7.92. The second-order valence-electron chi connectivity index (χ2n) is 6.83. The van der Waals surface area contributed by atoms with Gasteiger partial charge >= 0.3 is 0 Å². The van der Waals surface area contributed by atoms with Crippen LogP contribution in [0, 0.1) is 5.82 Å². The molecule has 0 radical (unpaired) electrons. The number of ether oxygens (including phenoxy) is 1. The van der Waals surface area contributed by atoms with Gasteiger partial charge in [-0.2, -0.15) is 5.10 Å². The minimum absolute atomic E-state index is 0.306. The minimum Gasteiger partial charge on any atom is -0.494 e. The molecule has 0 atom stereocenters. The maximum atomic E-state index is 14.6. The smallest absolute Gasteiger partial charge is 0.165 e. The van der Waals surface area contributed by atoms with Gasteiger partial charge in [0.15, 0.2) is 5.65 Å². The van der Waals surface area contributed by atoms with Crippen molar-refractivity contribution >= 4 is 11.5 Å². The Hall–Kier alpha value is -2.67. The van der Waals surface area contributed by atoms with E-state index in [-0.39, 0.29) is 5.82 Å². The van der Waals surface area contributed by atoms with Crippen LogP contribution in [0.4, 0.5) is 10.2 Å². The lowest BCUT2D eigenvalue weighted by Crippen LogP contribution is -2.30. The minimum atomic E-state index is -0.306. The zero-order chi connectivity index (χ0) is 18.6. The third-order valence-electron chi connectivity index (χ3n) is 4.86. The van der Waals surface area contributed by atoms with E-state index in [1.54, 1.807) is 22.8 Å². The normalized spacial score (nSPS) is 16.3. The second-order valence-corrected chi connectivity index (χ2v) is 6.83. The highest BCUT2D eigenvalue weighted by Gasteiger charge is 2.15. The van der Waals surface area contributed by atoms with E-state index in [1.165, 1.54) is 6.07 Å². The number of fused-ring (bicyclic) bond motifs is 4. The maximum Gasteiger partial charge on any atom is 0.165 e. The van der Waals surface area contributed by atoms with Gasteiger partial charge in [-0.15, -0.1) is 0 Å². The molecular weight excluding hydrogens is 345 g/mol. The molecule has 0 unspecified atom stereocenters. The average molecular weight is 369 g/mol. The molecule has 2 aromatic heterocycles.